The Bertz CT molecular complexity index is 648. The van der Waals surface area contributed by atoms with E-state index < -0.39 is 0 Å². The molecule has 2 aromatic rings. The highest BCUT2D eigenvalue weighted by molar-refractivity contribution is 7.09. The smallest absolute Gasteiger partial charge is 0.250 e. The molecule has 2 heterocycles. The number of nitrogens with zero attached hydrogens (tertiary/aromatic N) is 2. The topological polar surface area (TPSA) is 64.0 Å². The van der Waals surface area contributed by atoms with E-state index in [0.29, 0.717) is 19.5 Å². The molecule has 1 amide bonds. The summed E-state index contributed by atoms with van der Waals surface area (Å²) in [6.45, 7) is 3.16. The molecule has 0 aromatic carbocycles. The lowest BCUT2D eigenvalue weighted by Crippen LogP contribution is -2.27. The van der Waals surface area contributed by atoms with Crippen LogP contribution in [0.4, 0.5) is 0 Å². The number of carbonyl (C=O) groups is 1. The summed E-state index contributed by atoms with van der Waals surface area (Å²) in [5.74, 6) is 0.0446. The third-order valence-corrected chi connectivity index (χ3v) is 4.22. The number of carbonyl (C=O) groups excluding carboxylic acids is 1. The van der Waals surface area contributed by atoms with Gasteiger partial charge in [-0.3, -0.25) is 9.59 Å². The van der Waals surface area contributed by atoms with Gasteiger partial charge in [-0.25, -0.2) is 4.98 Å². The second kappa shape index (κ2) is 7.73. The number of thiazole rings is 1. The van der Waals surface area contributed by atoms with Crippen LogP contribution >= 0.6 is 11.3 Å². The van der Waals surface area contributed by atoms with Crippen LogP contribution in [0.5, 0.6) is 0 Å². The fourth-order valence-corrected chi connectivity index (χ4v) is 2.79. The normalized spacial score (nSPS) is 10.5. The lowest BCUT2D eigenvalue weighted by Gasteiger charge is -2.06. The number of nitrogens with one attached hydrogen (secondary N) is 1. The van der Waals surface area contributed by atoms with Crippen molar-refractivity contribution in [1.82, 2.24) is 14.9 Å². The first-order valence-electron chi connectivity index (χ1n) is 6.98. The van der Waals surface area contributed by atoms with Gasteiger partial charge in [0.05, 0.1) is 11.2 Å². The third kappa shape index (κ3) is 4.82. The highest BCUT2D eigenvalue weighted by atomic mass is 32.1. The predicted octanol–water partition coefficient (Wildman–Crippen LogP) is 1.75. The summed E-state index contributed by atoms with van der Waals surface area (Å²) >= 11 is 1.59. The lowest BCUT2D eigenvalue weighted by molar-refractivity contribution is -0.121. The molecule has 112 valence electrons. The minimum absolute atomic E-state index is 0.00972. The summed E-state index contributed by atoms with van der Waals surface area (Å²) in [6.07, 6.45) is 3.72. The van der Waals surface area contributed by atoms with Crippen molar-refractivity contribution in [3.63, 3.8) is 0 Å². The second-order valence-electron chi connectivity index (χ2n) is 4.80. The van der Waals surface area contributed by atoms with E-state index in [2.05, 4.69) is 10.3 Å². The maximum Gasteiger partial charge on any atom is 0.250 e. The Balaban J connectivity index is 1.65. The van der Waals surface area contributed by atoms with E-state index in [1.165, 1.54) is 10.9 Å². The van der Waals surface area contributed by atoms with E-state index in [0.717, 1.165) is 18.5 Å². The van der Waals surface area contributed by atoms with Crippen molar-refractivity contribution in [2.45, 2.75) is 32.7 Å². The summed E-state index contributed by atoms with van der Waals surface area (Å²) in [6, 6.07) is 5.09. The molecule has 0 unspecified atom stereocenters. The number of aryl methyl sites for hydroxylation is 3. The molecule has 0 saturated heterocycles. The molecule has 0 aliphatic heterocycles. The molecule has 0 fully saturated rings. The van der Waals surface area contributed by atoms with Crippen LogP contribution in [0.25, 0.3) is 0 Å². The van der Waals surface area contributed by atoms with Crippen LogP contribution in [0.1, 0.15) is 23.4 Å². The van der Waals surface area contributed by atoms with Crippen molar-refractivity contribution in [2.24, 2.45) is 0 Å². The molecule has 2 rings (SSSR count). The number of hydrogen-bond donors (Lipinski definition) is 1. The molecular weight excluding hydrogens is 286 g/mol. The molecule has 0 atom stereocenters. The fraction of sp³-hybridized carbons (Fsp3) is 0.400. The number of pyridine rings is 1. The van der Waals surface area contributed by atoms with Crippen molar-refractivity contribution >= 4 is 17.2 Å². The first-order chi connectivity index (χ1) is 10.2. The average molecular weight is 305 g/mol. The maximum atomic E-state index is 11.7. The molecule has 0 bridgehead atoms. The molecular formula is C15H19N3O2S. The first-order valence-corrected chi connectivity index (χ1v) is 7.86. The van der Waals surface area contributed by atoms with Gasteiger partial charge in [0.1, 0.15) is 0 Å². The second-order valence-corrected chi connectivity index (χ2v) is 5.74. The maximum absolute atomic E-state index is 11.7. The van der Waals surface area contributed by atoms with E-state index in [9.17, 15) is 9.59 Å². The first kappa shape index (κ1) is 15.4. The fourth-order valence-electron chi connectivity index (χ4n) is 2.00. The van der Waals surface area contributed by atoms with Crippen LogP contribution in [0.3, 0.4) is 0 Å². The largest absolute Gasteiger partial charge is 0.356 e. The van der Waals surface area contributed by atoms with Crippen LogP contribution in [0.15, 0.2) is 34.7 Å². The number of amides is 1. The highest BCUT2D eigenvalue weighted by Gasteiger charge is 2.05. The Hall–Kier alpha value is -1.95. The van der Waals surface area contributed by atoms with Crippen molar-refractivity contribution in [3.05, 3.63) is 50.8 Å². The van der Waals surface area contributed by atoms with E-state index in [-0.39, 0.29) is 11.5 Å². The van der Waals surface area contributed by atoms with E-state index in [1.54, 1.807) is 33.7 Å². The van der Waals surface area contributed by atoms with E-state index in [4.69, 9.17) is 0 Å². The van der Waals surface area contributed by atoms with Gasteiger partial charge in [-0.2, -0.15) is 0 Å². The summed E-state index contributed by atoms with van der Waals surface area (Å²) in [5.41, 5.74) is 2.81. The average Bonchev–Trinajstić information content (AvgIpc) is 2.88. The van der Waals surface area contributed by atoms with Gasteiger partial charge < -0.3 is 9.88 Å². The lowest BCUT2D eigenvalue weighted by atomic mass is 10.2. The highest BCUT2D eigenvalue weighted by Crippen LogP contribution is 2.13. The summed E-state index contributed by atoms with van der Waals surface area (Å²) in [7, 11) is 0. The summed E-state index contributed by atoms with van der Waals surface area (Å²) in [4.78, 5) is 28.6. The predicted molar refractivity (Wildman–Crippen MR) is 83.5 cm³/mol. The Morgan fingerprint density at radius 2 is 2.29 bits per heavy atom. The van der Waals surface area contributed by atoms with Crippen LogP contribution < -0.4 is 10.9 Å². The van der Waals surface area contributed by atoms with Crippen LogP contribution in [0.2, 0.25) is 0 Å². The number of aromatic nitrogens is 2. The number of rotatable bonds is 7. The molecule has 2 aromatic heterocycles. The Morgan fingerprint density at radius 3 is 3.00 bits per heavy atom. The minimum Gasteiger partial charge on any atom is -0.356 e. The molecule has 5 nitrogen and oxygen atoms in total. The molecule has 0 saturated carbocycles. The molecule has 1 N–H and O–H groups in total. The Kier molecular flexibility index (Phi) is 5.68. The van der Waals surface area contributed by atoms with E-state index >= 15 is 0 Å². The Morgan fingerprint density at radius 1 is 1.43 bits per heavy atom. The van der Waals surface area contributed by atoms with Gasteiger partial charge in [0.15, 0.2) is 0 Å². The zero-order valence-electron chi connectivity index (χ0n) is 12.0. The number of hydrogen-bond acceptors (Lipinski definition) is 4. The van der Waals surface area contributed by atoms with Crippen molar-refractivity contribution in [3.8, 4) is 0 Å². The van der Waals surface area contributed by atoms with Crippen molar-refractivity contribution in [1.29, 1.82) is 0 Å². The quantitative estimate of drug-likeness (QED) is 0.793. The minimum atomic E-state index is -0.00972. The molecule has 0 aliphatic carbocycles. The molecule has 0 aliphatic rings. The van der Waals surface area contributed by atoms with Gasteiger partial charge in [0.2, 0.25) is 11.5 Å². The van der Waals surface area contributed by atoms with Crippen molar-refractivity contribution in [2.75, 3.05) is 6.54 Å². The monoisotopic (exact) mass is 305 g/mol. The van der Waals surface area contributed by atoms with Crippen LogP contribution in [0, 0.1) is 6.92 Å². The van der Waals surface area contributed by atoms with Gasteiger partial charge in [-0.1, -0.05) is 6.07 Å². The zero-order chi connectivity index (χ0) is 15.1. The van der Waals surface area contributed by atoms with Gasteiger partial charge in [-0.05, 0) is 25.8 Å². The standard InChI is InChI=1S/C15H19N3O2S/c1-12-13(21-11-17-12)6-7-14(19)16-8-4-10-18-9-3-2-5-15(18)20/h2-3,5,9,11H,4,6-8,10H2,1H3,(H,16,19). The molecule has 6 heteroatoms. The van der Waals surface area contributed by atoms with Gasteiger partial charge in [0, 0.05) is 36.7 Å². The van der Waals surface area contributed by atoms with Crippen LogP contribution in [-0.2, 0) is 17.8 Å². The SMILES string of the molecule is Cc1ncsc1CCC(=O)NCCCn1ccccc1=O. The third-order valence-electron chi connectivity index (χ3n) is 3.22. The van der Waals surface area contributed by atoms with Gasteiger partial charge in [-0.15, -0.1) is 11.3 Å². The summed E-state index contributed by atoms with van der Waals surface area (Å²) < 4.78 is 1.65. The molecule has 0 spiro atoms. The van der Waals surface area contributed by atoms with Gasteiger partial charge in [0.25, 0.3) is 0 Å². The van der Waals surface area contributed by atoms with E-state index in [1.807, 2.05) is 13.0 Å². The molecule has 0 radical (unpaired) electrons. The molecule has 21 heavy (non-hydrogen) atoms. The Labute approximate surface area is 127 Å². The van der Waals surface area contributed by atoms with Gasteiger partial charge >= 0.3 is 0 Å². The zero-order valence-corrected chi connectivity index (χ0v) is 12.9. The van der Waals surface area contributed by atoms with Crippen LogP contribution in [-0.4, -0.2) is 22.0 Å². The van der Waals surface area contributed by atoms with Crippen molar-refractivity contribution < 1.29 is 4.79 Å². The summed E-state index contributed by atoms with van der Waals surface area (Å²) in [5, 5.41) is 2.88.